The summed E-state index contributed by atoms with van der Waals surface area (Å²) < 4.78 is 6.44. The van der Waals surface area contributed by atoms with Crippen LogP contribution < -0.4 is 4.74 Å². The fraction of sp³-hybridized carbons (Fsp3) is 0.200. The number of fused-ring (bicyclic) bond motifs is 1. The summed E-state index contributed by atoms with van der Waals surface area (Å²) in [5.74, 6) is 0. The van der Waals surface area contributed by atoms with Crippen LogP contribution >= 0.6 is 39.9 Å². The molecule has 0 fully saturated rings. The van der Waals surface area contributed by atoms with E-state index in [1.165, 1.54) is 15.6 Å². The van der Waals surface area contributed by atoms with Gasteiger partial charge in [0.05, 0.1) is 7.11 Å². The molecule has 1 nitrogen and oxygen atoms in total. The van der Waals surface area contributed by atoms with Gasteiger partial charge in [-0.05, 0) is 23.8 Å². The van der Waals surface area contributed by atoms with Gasteiger partial charge in [-0.1, -0.05) is 27.3 Å². The Bertz CT molecular complexity index is 464. The van der Waals surface area contributed by atoms with Crippen molar-refractivity contribution in [3.63, 3.8) is 0 Å². The predicted molar refractivity (Wildman–Crippen MR) is 68.3 cm³/mol. The van der Waals surface area contributed by atoms with E-state index in [-0.39, 0.29) is 0 Å². The minimum absolute atomic E-state index is 0.845. The maximum atomic E-state index is 5.22. The molecule has 0 unspecified atom stereocenters. The molecular formula is C10H9BrOS2. The van der Waals surface area contributed by atoms with E-state index in [1.807, 2.05) is 0 Å². The lowest BCUT2D eigenvalue weighted by molar-refractivity contribution is 0.427. The molecule has 0 N–H and O–H groups in total. The summed E-state index contributed by atoms with van der Waals surface area (Å²) in [4.78, 5) is 0.997. The molecule has 0 bridgehead atoms. The van der Waals surface area contributed by atoms with Gasteiger partial charge in [-0.15, -0.1) is 12.6 Å². The Morgan fingerprint density at radius 1 is 1.43 bits per heavy atom. The van der Waals surface area contributed by atoms with Crippen molar-refractivity contribution in [2.75, 3.05) is 7.11 Å². The third-order valence-electron chi connectivity index (χ3n) is 2.03. The van der Waals surface area contributed by atoms with Gasteiger partial charge in [-0.3, -0.25) is 0 Å². The van der Waals surface area contributed by atoms with Crippen molar-refractivity contribution in [2.45, 2.75) is 10.2 Å². The van der Waals surface area contributed by atoms with Crippen LogP contribution in [-0.4, -0.2) is 7.11 Å². The second-order valence-electron chi connectivity index (χ2n) is 2.92. The van der Waals surface area contributed by atoms with E-state index >= 15 is 0 Å². The van der Waals surface area contributed by atoms with E-state index in [0.29, 0.717) is 0 Å². The van der Waals surface area contributed by atoms with Crippen LogP contribution in [0, 0.1) is 0 Å². The zero-order valence-electron chi connectivity index (χ0n) is 7.58. The van der Waals surface area contributed by atoms with E-state index in [9.17, 15) is 0 Å². The number of methoxy groups -OCH3 is 1. The van der Waals surface area contributed by atoms with Crippen LogP contribution in [0.4, 0.5) is 0 Å². The van der Waals surface area contributed by atoms with Crippen molar-refractivity contribution in [3.8, 4) is 5.06 Å². The summed E-state index contributed by atoms with van der Waals surface area (Å²) in [6, 6.07) is 6.22. The number of ether oxygens (including phenoxy) is 1. The van der Waals surface area contributed by atoms with Crippen LogP contribution in [0.5, 0.6) is 5.06 Å². The second kappa shape index (κ2) is 4.13. The lowest BCUT2D eigenvalue weighted by Gasteiger charge is -1.99. The summed E-state index contributed by atoms with van der Waals surface area (Å²) in [6.07, 6.45) is 0. The highest BCUT2D eigenvalue weighted by molar-refractivity contribution is 9.08. The number of alkyl halides is 1. The normalized spacial score (nSPS) is 10.8. The number of hydrogen-bond acceptors (Lipinski definition) is 3. The van der Waals surface area contributed by atoms with E-state index in [1.54, 1.807) is 18.4 Å². The Balaban J connectivity index is 2.71. The monoisotopic (exact) mass is 288 g/mol. The van der Waals surface area contributed by atoms with Crippen LogP contribution in [0.25, 0.3) is 10.1 Å². The minimum Gasteiger partial charge on any atom is -0.487 e. The van der Waals surface area contributed by atoms with Crippen molar-refractivity contribution in [3.05, 3.63) is 23.8 Å². The lowest BCUT2D eigenvalue weighted by atomic mass is 10.1. The third kappa shape index (κ3) is 1.78. The van der Waals surface area contributed by atoms with Gasteiger partial charge >= 0.3 is 0 Å². The van der Waals surface area contributed by atoms with Crippen LogP contribution in [-0.2, 0) is 5.33 Å². The number of thiol groups is 1. The number of benzene rings is 1. The molecule has 1 aromatic carbocycles. The summed E-state index contributed by atoms with van der Waals surface area (Å²) in [5.41, 5.74) is 1.26. The molecule has 1 aromatic heterocycles. The average molecular weight is 289 g/mol. The molecule has 74 valence electrons. The van der Waals surface area contributed by atoms with Gasteiger partial charge in [0.25, 0.3) is 0 Å². The first-order valence-electron chi connectivity index (χ1n) is 4.10. The van der Waals surface area contributed by atoms with Crippen LogP contribution in [0.2, 0.25) is 0 Å². The first kappa shape index (κ1) is 10.3. The van der Waals surface area contributed by atoms with Crippen molar-refractivity contribution in [1.29, 1.82) is 0 Å². The van der Waals surface area contributed by atoms with Gasteiger partial charge in [-0.25, -0.2) is 0 Å². The predicted octanol–water partition coefficient (Wildman–Crippen LogP) is 4.09. The SMILES string of the molecule is COc1cc2c(CBr)cc(S)cc2s1. The first-order valence-corrected chi connectivity index (χ1v) is 6.48. The maximum Gasteiger partial charge on any atom is 0.174 e. The molecule has 0 saturated heterocycles. The van der Waals surface area contributed by atoms with Crippen molar-refractivity contribution >= 4 is 50.0 Å². The molecule has 4 heteroatoms. The topological polar surface area (TPSA) is 9.23 Å². The van der Waals surface area contributed by atoms with E-state index < -0.39 is 0 Å². The molecule has 0 atom stereocenters. The van der Waals surface area contributed by atoms with Crippen molar-refractivity contribution in [2.24, 2.45) is 0 Å². The summed E-state index contributed by atoms with van der Waals surface area (Å²) in [7, 11) is 1.69. The molecule has 0 aliphatic carbocycles. The van der Waals surface area contributed by atoms with Crippen molar-refractivity contribution < 1.29 is 4.74 Å². The highest BCUT2D eigenvalue weighted by Crippen LogP contribution is 2.35. The van der Waals surface area contributed by atoms with Gasteiger partial charge in [0, 0.05) is 20.3 Å². The molecule has 2 aromatic rings. The van der Waals surface area contributed by atoms with E-state index in [2.05, 4.69) is 46.8 Å². The Labute approximate surface area is 101 Å². The molecule has 0 amide bonds. The van der Waals surface area contributed by atoms with Gasteiger partial charge in [0.2, 0.25) is 0 Å². The minimum atomic E-state index is 0.845. The Kier molecular flexibility index (Phi) is 3.04. The fourth-order valence-electron chi connectivity index (χ4n) is 1.38. The highest BCUT2D eigenvalue weighted by Gasteiger charge is 2.06. The Morgan fingerprint density at radius 3 is 2.86 bits per heavy atom. The van der Waals surface area contributed by atoms with Crippen LogP contribution in [0.3, 0.4) is 0 Å². The molecule has 0 radical (unpaired) electrons. The molecule has 1 heterocycles. The maximum absolute atomic E-state index is 5.22. The third-order valence-corrected chi connectivity index (χ3v) is 3.94. The quantitative estimate of drug-likeness (QED) is 0.647. The molecule has 0 saturated carbocycles. The zero-order chi connectivity index (χ0) is 10.1. The zero-order valence-corrected chi connectivity index (χ0v) is 10.9. The number of rotatable bonds is 2. The molecule has 0 aliphatic heterocycles. The number of halogens is 1. The molecule has 14 heavy (non-hydrogen) atoms. The standard InChI is InChI=1S/C10H9BrOS2/c1-12-10-4-8-6(5-11)2-7(13)3-9(8)14-10/h2-4,13H,5H2,1H3. The summed E-state index contributed by atoms with van der Waals surface area (Å²) in [5, 5.41) is 3.04. The van der Waals surface area contributed by atoms with Crippen LogP contribution in [0.1, 0.15) is 5.56 Å². The fourth-order valence-corrected chi connectivity index (χ4v) is 3.18. The summed E-state index contributed by atoms with van der Waals surface area (Å²) in [6.45, 7) is 0. The number of thiophene rings is 1. The highest BCUT2D eigenvalue weighted by atomic mass is 79.9. The Morgan fingerprint density at radius 2 is 2.21 bits per heavy atom. The smallest absolute Gasteiger partial charge is 0.174 e. The van der Waals surface area contributed by atoms with Gasteiger partial charge in [0.15, 0.2) is 5.06 Å². The number of hydrogen-bond donors (Lipinski definition) is 1. The first-order chi connectivity index (χ1) is 6.74. The van der Waals surface area contributed by atoms with Gasteiger partial charge in [0.1, 0.15) is 0 Å². The molecule has 0 spiro atoms. The average Bonchev–Trinajstić information content (AvgIpc) is 2.59. The van der Waals surface area contributed by atoms with E-state index in [4.69, 9.17) is 4.74 Å². The lowest BCUT2D eigenvalue weighted by Crippen LogP contribution is -1.78. The Hall–Kier alpha value is -0.190. The van der Waals surface area contributed by atoms with Crippen molar-refractivity contribution in [1.82, 2.24) is 0 Å². The molecule has 0 aliphatic rings. The van der Waals surface area contributed by atoms with Crippen LogP contribution in [0.15, 0.2) is 23.1 Å². The summed E-state index contributed by atoms with van der Waals surface area (Å²) >= 11 is 9.49. The second-order valence-corrected chi connectivity index (χ2v) is 5.04. The largest absolute Gasteiger partial charge is 0.487 e. The molecular weight excluding hydrogens is 280 g/mol. The van der Waals surface area contributed by atoms with Gasteiger partial charge < -0.3 is 4.74 Å². The van der Waals surface area contributed by atoms with Gasteiger partial charge in [-0.2, -0.15) is 0 Å². The molecule has 2 rings (SSSR count). The van der Waals surface area contributed by atoms with E-state index in [0.717, 1.165) is 15.3 Å².